The summed E-state index contributed by atoms with van der Waals surface area (Å²) >= 11 is 0. The molecule has 2 amide bonds. The van der Waals surface area contributed by atoms with Gasteiger partial charge in [0.15, 0.2) is 0 Å². The van der Waals surface area contributed by atoms with Crippen molar-refractivity contribution in [3.63, 3.8) is 0 Å². The Hall–Kier alpha value is -1.52. The van der Waals surface area contributed by atoms with Crippen LogP contribution in [-0.2, 0) is 4.79 Å². The van der Waals surface area contributed by atoms with E-state index in [0.717, 1.165) is 12.8 Å². The van der Waals surface area contributed by atoms with Gasteiger partial charge in [0.1, 0.15) is 0 Å². The number of amides is 2. The molecule has 96 valence electrons. The Morgan fingerprint density at radius 2 is 2.12 bits per heavy atom. The zero-order valence-corrected chi connectivity index (χ0v) is 10.3. The molecule has 0 spiro atoms. The van der Waals surface area contributed by atoms with Crippen molar-refractivity contribution in [3.05, 3.63) is 12.7 Å². The average Bonchev–Trinajstić information content (AvgIpc) is 3.08. The van der Waals surface area contributed by atoms with E-state index in [-0.39, 0.29) is 12.5 Å². The second-order valence-corrected chi connectivity index (χ2v) is 4.37. The maximum Gasteiger partial charge on any atom is 0.320 e. The van der Waals surface area contributed by atoms with E-state index in [1.54, 1.807) is 22.9 Å². The highest BCUT2D eigenvalue weighted by molar-refractivity contribution is 5.75. The molecule has 0 radical (unpaired) electrons. The van der Waals surface area contributed by atoms with Crippen LogP contribution < -0.4 is 0 Å². The third kappa shape index (κ3) is 4.46. The van der Waals surface area contributed by atoms with Gasteiger partial charge in [0.25, 0.3) is 0 Å². The molecule has 0 aromatic rings. The van der Waals surface area contributed by atoms with Crippen molar-refractivity contribution in [1.82, 2.24) is 9.80 Å². The summed E-state index contributed by atoms with van der Waals surface area (Å²) in [5, 5.41) is 8.53. The van der Waals surface area contributed by atoms with Gasteiger partial charge in [-0.2, -0.15) is 0 Å². The SMILES string of the molecule is C=CCN(C(=O)N(C)CCCC(=O)O)C1CC1. The zero-order valence-electron chi connectivity index (χ0n) is 10.3. The van der Waals surface area contributed by atoms with Gasteiger partial charge in [0.05, 0.1) is 0 Å². The molecule has 5 nitrogen and oxygen atoms in total. The Balaban J connectivity index is 2.37. The number of carbonyl (C=O) groups excluding carboxylic acids is 1. The van der Waals surface area contributed by atoms with Gasteiger partial charge < -0.3 is 14.9 Å². The van der Waals surface area contributed by atoms with E-state index in [1.807, 2.05) is 0 Å². The molecule has 0 saturated heterocycles. The van der Waals surface area contributed by atoms with Crippen molar-refractivity contribution in [2.45, 2.75) is 31.7 Å². The third-order valence-corrected chi connectivity index (χ3v) is 2.77. The quantitative estimate of drug-likeness (QED) is 0.687. The fourth-order valence-electron chi connectivity index (χ4n) is 1.69. The lowest BCUT2D eigenvalue weighted by atomic mass is 10.3. The van der Waals surface area contributed by atoms with Gasteiger partial charge in [-0.1, -0.05) is 6.08 Å². The van der Waals surface area contributed by atoms with Crippen LogP contribution in [0.5, 0.6) is 0 Å². The summed E-state index contributed by atoms with van der Waals surface area (Å²) in [6.07, 6.45) is 4.43. The van der Waals surface area contributed by atoms with Gasteiger partial charge >= 0.3 is 12.0 Å². The highest BCUT2D eigenvalue weighted by Crippen LogP contribution is 2.27. The van der Waals surface area contributed by atoms with E-state index in [9.17, 15) is 9.59 Å². The summed E-state index contributed by atoms with van der Waals surface area (Å²) in [6.45, 7) is 4.69. The maximum atomic E-state index is 12.0. The lowest BCUT2D eigenvalue weighted by molar-refractivity contribution is -0.137. The number of urea groups is 1. The summed E-state index contributed by atoms with van der Waals surface area (Å²) in [7, 11) is 1.71. The van der Waals surface area contributed by atoms with Gasteiger partial charge in [-0.25, -0.2) is 4.79 Å². The minimum atomic E-state index is -0.823. The van der Waals surface area contributed by atoms with Crippen LogP contribution in [0.15, 0.2) is 12.7 Å². The van der Waals surface area contributed by atoms with Crippen molar-refractivity contribution in [2.75, 3.05) is 20.1 Å². The van der Waals surface area contributed by atoms with Gasteiger partial charge in [-0.05, 0) is 19.3 Å². The number of carboxylic acid groups (broad SMARTS) is 1. The van der Waals surface area contributed by atoms with Crippen molar-refractivity contribution >= 4 is 12.0 Å². The lowest BCUT2D eigenvalue weighted by Crippen LogP contribution is -2.43. The second kappa shape index (κ2) is 6.27. The van der Waals surface area contributed by atoms with Crippen LogP contribution in [0.3, 0.4) is 0 Å². The minimum Gasteiger partial charge on any atom is -0.481 e. The van der Waals surface area contributed by atoms with Crippen LogP contribution in [0.1, 0.15) is 25.7 Å². The predicted octanol–water partition coefficient (Wildman–Crippen LogP) is 1.55. The third-order valence-electron chi connectivity index (χ3n) is 2.77. The number of carbonyl (C=O) groups is 2. The molecule has 1 N–H and O–H groups in total. The number of rotatable bonds is 7. The minimum absolute atomic E-state index is 0.0298. The molecule has 0 aromatic heterocycles. The summed E-state index contributed by atoms with van der Waals surface area (Å²) < 4.78 is 0. The predicted molar refractivity (Wildman–Crippen MR) is 64.8 cm³/mol. The van der Waals surface area contributed by atoms with Crippen molar-refractivity contribution in [2.24, 2.45) is 0 Å². The molecular weight excluding hydrogens is 220 g/mol. The normalized spacial score (nSPS) is 14.2. The van der Waals surface area contributed by atoms with Gasteiger partial charge in [-0.15, -0.1) is 6.58 Å². The van der Waals surface area contributed by atoms with E-state index in [1.165, 1.54) is 0 Å². The molecule has 1 fully saturated rings. The van der Waals surface area contributed by atoms with Crippen molar-refractivity contribution < 1.29 is 14.7 Å². The highest BCUT2D eigenvalue weighted by atomic mass is 16.4. The molecule has 5 heteroatoms. The Morgan fingerprint density at radius 1 is 1.47 bits per heavy atom. The number of hydrogen-bond donors (Lipinski definition) is 1. The van der Waals surface area contributed by atoms with Crippen LogP contribution in [0.2, 0.25) is 0 Å². The summed E-state index contributed by atoms with van der Waals surface area (Å²) in [5.41, 5.74) is 0. The van der Waals surface area contributed by atoms with Crippen LogP contribution >= 0.6 is 0 Å². The smallest absolute Gasteiger partial charge is 0.320 e. The first-order valence-electron chi connectivity index (χ1n) is 5.90. The molecule has 1 aliphatic carbocycles. The first-order chi connectivity index (χ1) is 8.06. The molecule has 1 rings (SSSR count). The molecular formula is C12H20N2O3. The number of nitrogens with zero attached hydrogens (tertiary/aromatic N) is 2. The van der Waals surface area contributed by atoms with Crippen molar-refractivity contribution in [1.29, 1.82) is 0 Å². The summed E-state index contributed by atoms with van der Waals surface area (Å²) in [5.74, 6) is -0.823. The first-order valence-corrected chi connectivity index (χ1v) is 5.90. The summed E-state index contributed by atoms with van der Waals surface area (Å²) in [4.78, 5) is 25.8. The second-order valence-electron chi connectivity index (χ2n) is 4.37. The molecule has 0 unspecified atom stereocenters. The molecule has 0 atom stereocenters. The first kappa shape index (κ1) is 13.5. The molecule has 0 bridgehead atoms. The monoisotopic (exact) mass is 240 g/mol. The molecule has 0 aliphatic heterocycles. The van der Waals surface area contributed by atoms with Crippen LogP contribution in [-0.4, -0.2) is 53.1 Å². The molecule has 0 aromatic carbocycles. The topological polar surface area (TPSA) is 60.9 Å². The zero-order chi connectivity index (χ0) is 12.8. The fraction of sp³-hybridized carbons (Fsp3) is 0.667. The highest BCUT2D eigenvalue weighted by Gasteiger charge is 2.32. The van der Waals surface area contributed by atoms with Gasteiger partial charge in [0.2, 0.25) is 0 Å². The lowest BCUT2D eigenvalue weighted by Gasteiger charge is -2.27. The van der Waals surface area contributed by atoms with Crippen LogP contribution in [0, 0.1) is 0 Å². The molecule has 1 saturated carbocycles. The van der Waals surface area contributed by atoms with Crippen LogP contribution in [0.25, 0.3) is 0 Å². The fourth-order valence-corrected chi connectivity index (χ4v) is 1.69. The molecule has 0 heterocycles. The van der Waals surface area contributed by atoms with Gasteiger partial charge in [-0.3, -0.25) is 4.79 Å². The number of aliphatic carboxylic acids is 1. The van der Waals surface area contributed by atoms with Crippen LogP contribution in [0.4, 0.5) is 4.79 Å². The maximum absolute atomic E-state index is 12.0. The number of carboxylic acids is 1. The Bertz CT molecular complexity index is 300. The number of hydrogen-bond acceptors (Lipinski definition) is 2. The van der Waals surface area contributed by atoms with Gasteiger partial charge in [0, 0.05) is 32.6 Å². The largest absolute Gasteiger partial charge is 0.481 e. The average molecular weight is 240 g/mol. The van der Waals surface area contributed by atoms with E-state index in [4.69, 9.17) is 5.11 Å². The van der Waals surface area contributed by atoms with E-state index in [2.05, 4.69) is 6.58 Å². The Kier molecular flexibility index (Phi) is 5.00. The van der Waals surface area contributed by atoms with E-state index >= 15 is 0 Å². The van der Waals surface area contributed by atoms with E-state index < -0.39 is 5.97 Å². The Labute approximate surface area is 102 Å². The summed E-state index contributed by atoms with van der Waals surface area (Å²) in [6, 6.07) is 0.320. The van der Waals surface area contributed by atoms with Crippen molar-refractivity contribution in [3.8, 4) is 0 Å². The standard InChI is InChI=1S/C12H20N2O3/c1-3-8-14(10-6-7-10)12(17)13(2)9-4-5-11(15)16/h3,10H,1,4-9H2,2H3,(H,15,16). The molecule has 1 aliphatic rings. The molecule has 17 heavy (non-hydrogen) atoms. The Morgan fingerprint density at radius 3 is 2.59 bits per heavy atom. The van der Waals surface area contributed by atoms with E-state index in [0.29, 0.717) is 25.6 Å².